The van der Waals surface area contributed by atoms with Gasteiger partial charge in [-0.3, -0.25) is 0 Å². The Balaban J connectivity index is 1.17. The summed E-state index contributed by atoms with van der Waals surface area (Å²) in [5, 5.41) is 2.62. The summed E-state index contributed by atoms with van der Waals surface area (Å²) in [4.78, 5) is 0. The highest BCUT2D eigenvalue weighted by molar-refractivity contribution is 5.89. The van der Waals surface area contributed by atoms with Crippen LogP contribution in [0, 0.1) is 11.8 Å². The maximum atomic E-state index is 6.38. The molecule has 0 saturated carbocycles. The molecule has 2 heterocycles. The zero-order valence-electron chi connectivity index (χ0n) is 22.6. The van der Waals surface area contributed by atoms with Gasteiger partial charge in [0.2, 0.25) is 0 Å². The summed E-state index contributed by atoms with van der Waals surface area (Å²) >= 11 is 0. The molecule has 2 aromatic heterocycles. The van der Waals surface area contributed by atoms with Gasteiger partial charge in [0.25, 0.3) is 0 Å². The maximum Gasteiger partial charge on any atom is 0.134 e. The van der Waals surface area contributed by atoms with Crippen molar-refractivity contribution in [2.24, 2.45) is 17.6 Å². The van der Waals surface area contributed by atoms with Crippen LogP contribution < -0.4 is 5.73 Å². The van der Waals surface area contributed by atoms with E-state index in [0.29, 0.717) is 11.8 Å². The monoisotopic (exact) mass is 512 g/mol. The van der Waals surface area contributed by atoms with E-state index in [0.717, 1.165) is 55.6 Å². The first-order valence-electron chi connectivity index (χ1n) is 14.5. The number of nitrogens with zero attached hydrogens (tertiary/aromatic N) is 1. The average molecular weight is 513 g/mol. The van der Waals surface area contributed by atoms with Crippen LogP contribution in [0.2, 0.25) is 0 Å². The Labute approximate surface area is 230 Å². The van der Waals surface area contributed by atoms with Gasteiger partial charge in [-0.05, 0) is 79.1 Å². The van der Waals surface area contributed by atoms with Crippen LogP contribution >= 0.6 is 0 Å². The summed E-state index contributed by atoms with van der Waals surface area (Å²) in [6.45, 7) is 3.09. The summed E-state index contributed by atoms with van der Waals surface area (Å²) in [7, 11) is 0. The molecule has 0 bridgehead atoms. The molecular formula is C36H36N2O. The third kappa shape index (κ3) is 4.21. The van der Waals surface area contributed by atoms with E-state index in [2.05, 4.69) is 96.5 Å². The topological polar surface area (TPSA) is 44.1 Å². The Morgan fingerprint density at radius 1 is 1.03 bits per heavy atom. The lowest BCUT2D eigenvalue weighted by atomic mass is 9.82. The number of fused-ring (bicyclic) bond motifs is 6. The summed E-state index contributed by atoms with van der Waals surface area (Å²) in [5.41, 5.74) is 15.3. The van der Waals surface area contributed by atoms with Gasteiger partial charge < -0.3 is 14.7 Å². The lowest BCUT2D eigenvalue weighted by molar-refractivity contribution is 0.467. The Morgan fingerprint density at radius 2 is 1.87 bits per heavy atom. The summed E-state index contributed by atoms with van der Waals surface area (Å²) in [6.07, 6.45) is 23.7. The van der Waals surface area contributed by atoms with Crippen LogP contribution in [-0.4, -0.2) is 4.57 Å². The summed E-state index contributed by atoms with van der Waals surface area (Å²) in [6, 6.07) is 17.3. The molecule has 0 fully saturated rings. The number of hydrogen-bond donors (Lipinski definition) is 1. The van der Waals surface area contributed by atoms with Gasteiger partial charge in [-0.1, -0.05) is 79.8 Å². The molecule has 3 heteroatoms. The zero-order valence-corrected chi connectivity index (χ0v) is 22.6. The van der Waals surface area contributed by atoms with Crippen LogP contribution in [0.5, 0.6) is 0 Å². The molecule has 0 saturated heterocycles. The molecule has 3 nitrogen and oxygen atoms in total. The number of para-hydroxylation sites is 2. The predicted molar refractivity (Wildman–Crippen MR) is 162 cm³/mol. The van der Waals surface area contributed by atoms with E-state index in [9.17, 15) is 0 Å². The highest BCUT2D eigenvalue weighted by Crippen LogP contribution is 2.42. The zero-order chi connectivity index (χ0) is 26.3. The largest absolute Gasteiger partial charge is 0.460 e. The van der Waals surface area contributed by atoms with Gasteiger partial charge in [-0.15, -0.1) is 0 Å². The number of allylic oxidation sites excluding steroid dienone is 8. The number of hydrogen-bond acceptors (Lipinski definition) is 2. The van der Waals surface area contributed by atoms with E-state index in [4.69, 9.17) is 10.2 Å². The Kier molecular flexibility index (Phi) is 6.15. The smallest absolute Gasteiger partial charge is 0.134 e. The third-order valence-corrected chi connectivity index (χ3v) is 8.96. The van der Waals surface area contributed by atoms with E-state index in [-0.39, 0.29) is 5.92 Å². The number of aromatic nitrogens is 1. The molecule has 0 aliphatic heterocycles. The van der Waals surface area contributed by atoms with Crippen molar-refractivity contribution in [2.75, 3.05) is 0 Å². The standard InChI is InChI=1S/C36H36N2O/c1-24-15-17-25(18-16-24)26-19-20-34-32(22-26)29-9-2-4-13-33(29)38(34)21-7-8-27(23-37)28-11-6-12-31-30-10-3-5-14-35(30)39-36(28)31/h2-5,7-10,13-15,17-20,23-24,26,28H,6,11-12,16,21-22,37H2,1H3/b8-7-,27-23+. The predicted octanol–water partition coefficient (Wildman–Crippen LogP) is 8.61. The maximum absolute atomic E-state index is 6.38. The first-order valence-corrected chi connectivity index (χ1v) is 14.5. The summed E-state index contributed by atoms with van der Waals surface area (Å²) in [5.74, 6) is 2.40. The van der Waals surface area contributed by atoms with Crippen molar-refractivity contribution in [1.29, 1.82) is 0 Å². The Hall–Kier alpha value is -3.98. The first kappa shape index (κ1) is 24.1. The van der Waals surface area contributed by atoms with Crippen molar-refractivity contribution in [3.8, 4) is 0 Å². The van der Waals surface area contributed by atoms with E-state index in [1.165, 1.54) is 38.7 Å². The second-order valence-corrected chi connectivity index (χ2v) is 11.4. The second kappa shape index (κ2) is 9.96. The molecule has 0 amide bonds. The van der Waals surface area contributed by atoms with Crippen LogP contribution in [0.4, 0.5) is 0 Å². The van der Waals surface area contributed by atoms with Crippen molar-refractivity contribution in [3.05, 3.63) is 125 Å². The van der Waals surface area contributed by atoms with Gasteiger partial charge in [-0.25, -0.2) is 0 Å². The van der Waals surface area contributed by atoms with Gasteiger partial charge in [0.1, 0.15) is 11.3 Å². The number of aryl methyl sites for hydroxylation is 1. The highest BCUT2D eigenvalue weighted by Gasteiger charge is 2.28. The fourth-order valence-corrected chi connectivity index (χ4v) is 6.91. The molecular weight excluding hydrogens is 476 g/mol. The van der Waals surface area contributed by atoms with Crippen molar-refractivity contribution < 1.29 is 4.42 Å². The molecule has 7 rings (SSSR count). The van der Waals surface area contributed by atoms with Crippen LogP contribution in [0.1, 0.15) is 54.7 Å². The van der Waals surface area contributed by atoms with E-state index in [1.54, 1.807) is 6.20 Å². The van der Waals surface area contributed by atoms with Crippen molar-refractivity contribution in [2.45, 2.75) is 51.5 Å². The van der Waals surface area contributed by atoms with Crippen LogP contribution in [0.3, 0.4) is 0 Å². The molecule has 4 aromatic rings. The lowest BCUT2D eigenvalue weighted by Crippen LogP contribution is -2.12. The molecule has 0 spiro atoms. The van der Waals surface area contributed by atoms with Gasteiger partial charge in [0, 0.05) is 45.9 Å². The molecule has 3 aliphatic rings. The molecule has 39 heavy (non-hydrogen) atoms. The molecule has 2 N–H and O–H groups in total. The van der Waals surface area contributed by atoms with Gasteiger partial charge in [0.15, 0.2) is 0 Å². The molecule has 0 radical (unpaired) electrons. The first-order chi connectivity index (χ1) is 19.2. The quantitative estimate of drug-likeness (QED) is 0.272. The minimum Gasteiger partial charge on any atom is -0.460 e. The van der Waals surface area contributed by atoms with E-state index >= 15 is 0 Å². The third-order valence-electron chi connectivity index (χ3n) is 8.96. The summed E-state index contributed by atoms with van der Waals surface area (Å²) < 4.78 is 8.84. The number of benzene rings is 2. The van der Waals surface area contributed by atoms with Crippen molar-refractivity contribution >= 4 is 27.9 Å². The minimum atomic E-state index is 0.206. The highest BCUT2D eigenvalue weighted by atomic mass is 16.3. The Bertz CT molecular complexity index is 1700. The lowest BCUT2D eigenvalue weighted by Gasteiger charge is -2.23. The fourth-order valence-electron chi connectivity index (χ4n) is 6.91. The molecule has 196 valence electrons. The minimum absolute atomic E-state index is 0.206. The van der Waals surface area contributed by atoms with E-state index in [1.807, 2.05) is 6.07 Å². The van der Waals surface area contributed by atoms with Crippen molar-refractivity contribution in [3.63, 3.8) is 0 Å². The number of furan rings is 1. The second-order valence-electron chi connectivity index (χ2n) is 11.4. The number of rotatable bonds is 5. The van der Waals surface area contributed by atoms with Gasteiger partial charge >= 0.3 is 0 Å². The van der Waals surface area contributed by atoms with Gasteiger partial charge in [0.05, 0.1) is 0 Å². The molecule has 3 unspecified atom stereocenters. The van der Waals surface area contributed by atoms with Crippen LogP contribution in [0.15, 0.2) is 107 Å². The van der Waals surface area contributed by atoms with Crippen LogP contribution in [0.25, 0.3) is 27.9 Å². The molecule has 3 atom stereocenters. The number of nitrogens with two attached hydrogens (primary N) is 1. The fraction of sp³-hybridized carbons (Fsp3) is 0.278. The normalized spacial score (nSPS) is 22.9. The Morgan fingerprint density at radius 3 is 2.72 bits per heavy atom. The van der Waals surface area contributed by atoms with Crippen LogP contribution in [-0.2, 0) is 19.4 Å². The van der Waals surface area contributed by atoms with Gasteiger partial charge in [-0.2, -0.15) is 0 Å². The molecule has 2 aromatic carbocycles. The van der Waals surface area contributed by atoms with E-state index < -0.39 is 0 Å². The molecule has 3 aliphatic carbocycles. The average Bonchev–Trinajstić information content (AvgIpc) is 3.51. The van der Waals surface area contributed by atoms with Crippen molar-refractivity contribution in [1.82, 2.24) is 4.57 Å². The SMILES string of the molecule is CC1C=CC(C2C=Cc3c(c4ccccc4n3C/C=C\C(=C/N)C3CCCc4c3oc3ccccc43)C2)=CC1.